The Bertz CT molecular complexity index is 218. The zero-order valence-corrected chi connectivity index (χ0v) is 13.1. The van der Waals surface area contributed by atoms with Gasteiger partial charge >= 0.3 is 5.97 Å². The van der Waals surface area contributed by atoms with Crippen LogP contribution in [0.1, 0.15) is 64.7 Å². The number of aliphatic carboxylic acids is 1. The van der Waals surface area contributed by atoms with E-state index in [0.717, 1.165) is 12.8 Å². The standard InChI is InChI=1S/C12H24O3.C3H8O3/c1-2-3-4-5-6-8-11(13)9-7-10-12(14)15;4-1-3(6)2-5/h11,13H,2-10H2,1H3,(H,14,15);3-6H,1-2H2. The molecule has 0 spiro atoms. The Morgan fingerprint density at radius 1 is 0.857 bits per heavy atom. The fourth-order valence-electron chi connectivity index (χ4n) is 1.67. The van der Waals surface area contributed by atoms with Gasteiger partial charge in [-0.1, -0.05) is 39.0 Å². The number of carboxylic acids is 1. The van der Waals surface area contributed by atoms with Crippen LogP contribution in [0.2, 0.25) is 0 Å². The molecule has 128 valence electrons. The molecule has 0 bridgehead atoms. The van der Waals surface area contributed by atoms with Crippen LogP contribution >= 0.6 is 0 Å². The largest absolute Gasteiger partial charge is 0.481 e. The molecule has 0 radical (unpaired) electrons. The Morgan fingerprint density at radius 3 is 1.81 bits per heavy atom. The van der Waals surface area contributed by atoms with Crippen molar-refractivity contribution in [3.05, 3.63) is 0 Å². The van der Waals surface area contributed by atoms with Crippen molar-refractivity contribution in [3.8, 4) is 0 Å². The van der Waals surface area contributed by atoms with Gasteiger partial charge < -0.3 is 25.5 Å². The topological polar surface area (TPSA) is 118 Å². The lowest BCUT2D eigenvalue weighted by atomic mass is 10.0. The quantitative estimate of drug-likeness (QED) is 0.347. The van der Waals surface area contributed by atoms with Crippen molar-refractivity contribution in [1.82, 2.24) is 0 Å². The van der Waals surface area contributed by atoms with E-state index < -0.39 is 12.1 Å². The van der Waals surface area contributed by atoms with E-state index in [0.29, 0.717) is 12.8 Å². The summed E-state index contributed by atoms with van der Waals surface area (Å²) < 4.78 is 0. The molecular formula is C15H32O6. The maximum atomic E-state index is 10.2. The molecule has 1 atom stereocenters. The summed E-state index contributed by atoms with van der Waals surface area (Å²) in [6, 6.07) is 0. The Labute approximate surface area is 127 Å². The Morgan fingerprint density at radius 2 is 1.38 bits per heavy atom. The second-order valence-electron chi connectivity index (χ2n) is 5.16. The van der Waals surface area contributed by atoms with Gasteiger partial charge in [-0.25, -0.2) is 0 Å². The van der Waals surface area contributed by atoms with Crippen LogP contribution in [-0.2, 0) is 4.79 Å². The molecule has 0 aliphatic heterocycles. The molecule has 1 unspecified atom stereocenters. The smallest absolute Gasteiger partial charge is 0.303 e. The summed E-state index contributed by atoms with van der Waals surface area (Å²) in [6.07, 6.45) is 6.96. The third-order valence-corrected chi connectivity index (χ3v) is 2.99. The van der Waals surface area contributed by atoms with Crippen LogP contribution in [0.15, 0.2) is 0 Å². The lowest BCUT2D eigenvalue weighted by Gasteiger charge is -2.09. The summed E-state index contributed by atoms with van der Waals surface area (Å²) in [4.78, 5) is 10.2. The number of aliphatic hydroxyl groups is 4. The van der Waals surface area contributed by atoms with E-state index in [2.05, 4.69) is 6.92 Å². The number of aliphatic hydroxyl groups excluding tert-OH is 4. The van der Waals surface area contributed by atoms with E-state index >= 15 is 0 Å². The van der Waals surface area contributed by atoms with E-state index in [1.165, 1.54) is 25.7 Å². The molecule has 0 aromatic heterocycles. The molecule has 21 heavy (non-hydrogen) atoms. The number of hydrogen-bond acceptors (Lipinski definition) is 5. The Kier molecular flexibility index (Phi) is 18.7. The van der Waals surface area contributed by atoms with Gasteiger partial charge in [-0.05, 0) is 19.3 Å². The molecule has 6 heteroatoms. The molecular weight excluding hydrogens is 276 g/mol. The third kappa shape index (κ3) is 21.8. The average Bonchev–Trinajstić information content (AvgIpc) is 2.46. The highest BCUT2D eigenvalue weighted by molar-refractivity contribution is 5.66. The predicted molar refractivity (Wildman–Crippen MR) is 81.0 cm³/mol. The van der Waals surface area contributed by atoms with Gasteiger partial charge in [0, 0.05) is 6.42 Å². The number of carboxylic acid groups (broad SMARTS) is 1. The summed E-state index contributed by atoms with van der Waals surface area (Å²) in [7, 11) is 0. The van der Waals surface area contributed by atoms with Crippen LogP contribution in [0.4, 0.5) is 0 Å². The highest BCUT2D eigenvalue weighted by Gasteiger charge is 2.05. The van der Waals surface area contributed by atoms with Crippen molar-refractivity contribution in [2.75, 3.05) is 13.2 Å². The normalized spacial score (nSPS) is 11.9. The average molecular weight is 308 g/mol. The second kappa shape index (κ2) is 17.4. The van der Waals surface area contributed by atoms with Gasteiger partial charge in [0.05, 0.1) is 19.3 Å². The van der Waals surface area contributed by atoms with Gasteiger partial charge in [-0.3, -0.25) is 4.79 Å². The van der Waals surface area contributed by atoms with Crippen LogP contribution in [0, 0.1) is 0 Å². The SMILES string of the molecule is CCCCCCCC(O)CCCC(=O)O.OCC(O)CO. The van der Waals surface area contributed by atoms with Gasteiger partial charge in [0.1, 0.15) is 6.10 Å². The fourth-order valence-corrected chi connectivity index (χ4v) is 1.67. The minimum atomic E-state index is -0.954. The zero-order valence-electron chi connectivity index (χ0n) is 13.1. The lowest BCUT2D eigenvalue weighted by Crippen LogP contribution is -2.15. The van der Waals surface area contributed by atoms with Crippen molar-refractivity contribution in [1.29, 1.82) is 0 Å². The van der Waals surface area contributed by atoms with Crippen LogP contribution in [0.3, 0.4) is 0 Å². The number of carbonyl (C=O) groups is 1. The van der Waals surface area contributed by atoms with Crippen molar-refractivity contribution < 1.29 is 30.3 Å². The summed E-state index contributed by atoms with van der Waals surface area (Å²) in [6.45, 7) is 1.45. The maximum absolute atomic E-state index is 10.2. The Hall–Kier alpha value is -0.690. The van der Waals surface area contributed by atoms with Gasteiger partial charge in [0.25, 0.3) is 0 Å². The van der Waals surface area contributed by atoms with Crippen LogP contribution in [-0.4, -0.2) is 56.9 Å². The van der Waals surface area contributed by atoms with E-state index in [1.54, 1.807) is 0 Å². The molecule has 0 aliphatic rings. The van der Waals surface area contributed by atoms with Crippen LogP contribution in [0.5, 0.6) is 0 Å². The monoisotopic (exact) mass is 308 g/mol. The maximum Gasteiger partial charge on any atom is 0.303 e. The van der Waals surface area contributed by atoms with Crippen molar-refractivity contribution in [2.45, 2.75) is 76.9 Å². The van der Waals surface area contributed by atoms with Gasteiger partial charge in [0.2, 0.25) is 0 Å². The molecule has 0 aliphatic carbocycles. The van der Waals surface area contributed by atoms with Gasteiger partial charge in [0.15, 0.2) is 0 Å². The molecule has 0 fully saturated rings. The first-order valence-electron chi connectivity index (χ1n) is 7.77. The van der Waals surface area contributed by atoms with Crippen molar-refractivity contribution in [2.24, 2.45) is 0 Å². The van der Waals surface area contributed by atoms with Gasteiger partial charge in [-0.15, -0.1) is 0 Å². The van der Waals surface area contributed by atoms with E-state index in [9.17, 15) is 9.90 Å². The Balaban J connectivity index is 0. The minimum absolute atomic E-state index is 0.174. The van der Waals surface area contributed by atoms with E-state index in [1.807, 2.05) is 0 Å². The second-order valence-corrected chi connectivity index (χ2v) is 5.16. The predicted octanol–water partition coefficient (Wildman–Crippen LogP) is 1.29. The first-order valence-corrected chi connectivity index (χ1v) is 7.77. The molecule has 0 rings (SSSR count). The van der Waals surface area contributed by atoms with Crippen LogP contribution < -0.4 is 0 Å². The minimum Gasteiger partial charge on any atom is -0.481 e. The molecule has 0 amide bonds. The van der Waals surface area contributed by atoms with E-state index in [4.69, 9.17) is 20.4 Å². The van der Waals surface area contributed by atoms with Gasteiger partial charge in [-0.2, -0.15) is 0 Å². The summed E-state index contributed by atoms with van der Waals surface area (Å²) >= 11 is 0. The summed E-state index contributed by atoms with van der Waals surface area (Å²) in [5.74, 6) is -0.773. The zero-order chi connectivity index (χ0) is 16.5. The fraction of sp³-hybridized carbons (Fsp3) is 0.933. The lowest BCUT2D eigenvalue weighted by molar-refractivity contribution is -0.137. The molecule has 5 N–H and O–H groups in total. The number of unbranched alkanes of at least 4 members (excludes halogenated alkanes) is 4. The highest BCUT2D eigenvalue weighted by Crippen LogP contribution is 2.11. The highest BCUT2D eigenvalue weighted by atomic mass is 16.4. The van der Waals surface area contributed by atoms with Crippen molar-refractivity contribution >= 4 is 5.97 Å². The summed E-state index contributed by atoms with van der Waals surface area (Å²) in [5, 5.41) is 42.0. The third-order valence-electron chi connectivity index (χ3n) is 2.99. The van der Waals surface area contributed by atoms with Crippen molar-refractivity contribution in [3.63, 3.8) is 0 Å². The molecule has 0 saturated carbocycles. The molecule has 0 aromatic carbocycles. The van der Waals surface area contributed by atoms with E-state index in [-0.39, 0.29) is 25.7 Å². The molecule has 6 nitrogen and oxygen atoms in total. The first kappa shape index (κ1) is 22.6. The number of hydrogen-bond donors (Lipinski definition) is 5. The molecule has 0 aromatic rings. The summed E-state index contributed by atoms with van der Waals surface area (Å²) in [5.41, 5.74) is 0. The molecule has 0 heterocycles. The first-order chi connectivity index (χ1) is 9.97. The molecule has 0 saturated heterocycles. The van der Waals surface area contributed by atoms with Crippen LogP contribution in [0.25, 0.3) is 0 Å². The number of rotatable bonds is 12.